The topological polar surface area (TPSA) is 118 Å². The highest BCUT2D eigenvalue weighted by Gasteiger charge is 2.27. The van der Waals surface area contributed by atoms with Gasteiger partial charge in [-0.1, -0.05) is 12.1 Å². The van der Waals surface area contributed by atoms with Crippen LogP contribution in [0.3, 0.4) is 0 Å². The molecule has 9 nitrogen and oxygen atoms in total. The van der Waals surface area contributed by atoms with Crippen molar-refractivity contribution < 1.29 is 9.72 Å². The zero-order chi connectivity index (χ0) is 18.8. The molecule has 1 aromatic carbocycles. The summed E-state index contributed by atoms with van der Waals surface area (Å²) in [6.45, 7) is 5.84. The Balaban J connectivity index is 1.83. The highest BCUT2D eigenvalue weighted by atomic mass is 16.6. The van der Waals surface area contributed by atoms with Gasteiger partial charge >= 0.3 is 0 Å². The fraction of sp³-hybridized carbons (Fsp3) is 0.353. The van der Waals surface area contributed by atoms with Gasteiger partial charge in [0.05, 0.1) is 16.2 Å². The van der Waals surface area contributed by atoms with E-state index in [1.54, 1.807) is 32.0 Å². The average molecular weight is 356 g/mol. The van der Waals surface area contributed by atoms with Crippen LogP contribution in [0.1, 0.15) is 21.6 Å². The van der Waals surface area contributed by atoms with Gasteiger partial charge in [-0.15, -0.1) is 5.10 Å². The molecule has 1 fully saturated rings. The number of nitro groups is 1. The van der Waals surface area contributed by atoms with Gasteiger partial charge in [0.2, 0.25) is 0 Å². The summed E-state index contributed by atoms with van der Waals surface area (Å²) >= 11 is 0. The SMILES string of the molecule is Cc1nnc(N2CCN(c3ccccc3[N+](=O)[O-])CC2)c(C(N)=O)c1C. The number of carbonyl (C=O) groups excluding carboxylic acids is 1. The van der Waals surface area contributed by atoms with Gasteiger partial charge < -0.3 is 15.5 Å². The van der Waals surface area contributed by atoms with Crippen LogP contribution in [0, 0.1) is 24.0 Å². The predicted octanol–water partition coefficient (Wildman–Crippen LogP) is 1.43. The number of aryl methyl sites for hydroxylation is 1. The second-order valence-corrected chi connectivity index (χ2v) is 6.19. The highest BCUT2D eigenvalue weighted by molar-refractivity contribution is 5.99. The molecule has 0 spiro atoms. The lowest BCUT2D eigenvalue weighted by molar-refractivity contribution is -0.384. The number of hydrogen-bond donors (Lipinski definition) is 1. The molecule has 2 aromatic rings. The largest absolute Gasteiger partial charge is 0.365 e. The fourth-order valence-corrected chi connectivity index (χ4v) is 3.16. The highest BCUT2D eigenvalue weighted by Crippen LogP contribution is 2.30. The minimum absolute atomic E-state index is 0.0877. The molecule has 0 radical (unpaired) electrons. The molecular weight excluding hydrogens is 336 g/mol. The number of aromatic nitrogens is 2. The molecule has 2 N–H and O–H groups in total. The summed E-state index contributed by atoms with van der Waals surface area (Å²) in [6, 6.07) is 6.69. The standard InChI is InChI=1S/C17H20N6O3/c1-11-12(2)19-20-17(15(11)16(18)24)22-9-7-21(8-10-22)13-5-3-4-6-14(13)23(25)26/h3-6H,7-10H2,1-2H3,(H2,18,24). The minimum atomic E-state index is -0.531. The normalized spacial score (nSPS) is 14.4. The molecule has 1 saturated heterocycles. The maximum Gasteiger partial charge on any atom is 0.292 e. The van der Waals surface area contributed by atoms with E-state index in [1.807, 2.05) is 9.80 Å². The molecule has 1 aromatic heterocycles. The van der Waals surface area contributed by atoms with E-state index >= 15 is 0 Å². The summed E-state index contributed by atoms with van der Waals surface area (Å²) in [5.41, 5.74) is 8.01. The zero-order valence-electron chi connectivity index (χ0n) is 14.7. The second-order valence-electron chi connectivity index (χ2n) is 6.19. The van der Waals surface area contributed by atoms with Crippen molar-refractivity contribution in [2.75, 3.05) is 36.0 Å². The summed E-state index contributed by atoms with van der Waals surface area (Å²) in [5, 5.41) is 19.5. The van der Waals surface area contributed by atoms with Crippen LogP contribution >= 0.6 is 0 Å². The molecule has 3 rings (SSSR count). The first kappa shape index (κ1) is 17.6. The number of primary amides is 1. The Morgan fingerprint density at radius 1 is 1.12 bits per heavy atom. The van der Waals surface area contributed by atoms with Crippen molar-refractivity contribution in [2.45, 2.75) is 13.8 Å². The summed E-state index contributed by atoms with van der Waals surface area (Å²) < 4.78 is 0. The van der Waals surface area contributed by atoms with Crippen molar-refractivity contribution in [1.82, 2.24) is 10.2 Å². The van der Waals surface area contributed by atoms with E-state index in [-0.39, 0.29) is 10.6 Å². The van der Waals surface area contributed by atoms with Gasteiger partial charge in [-0.2, -0.15) is 5.10 Å². The van der Waals surface area contributed by atoms with Crippen molar-refractivity contribution in [2.24, 2.45) is 5.73 Å². The van der Waals surface area contributed by atoms with E-state index in [2.05, 4.69) is 10.2 Å². The lowest BCUT2D eigenvalue weighted by Crippen LogP contribution is -2.47. The van der Waals surface area contributed by atoms with E-state index in [4.69, 9.17) is 5.73 Å². The molecule has 1 amide bonds. The molecule has 0 saturated carbocycles. The van der Waals surface area contributed by atoms with Gasteiger partial charge in [0, 0.05) is 32.2 Å². The van der Waals surface area contributed by atoms with E-state index < -0.39 is 5.91 Å². The Labute approximate surface area is 150 Å². The molecular formula is C17H20N6O3. The van der Waals surface area contributed by atoms with Crippen LogP contribution in [0.4, 0.5) is 17.2 Å². The van der Waals surface area contributed by atoms with Crippen molar-refractivity contribution in [3.63, 3.8) is 0 Å². The molecule has 2 heterocycles. The molecule has 0 unspecified atom stereocenters. The number of hydrogen-bond acceptors (Lipinski definition) is 7. The minimum Gasteiger partial charge on any atom is -0.365 e. The quantitative estimate of drug-likeness (QED) is 0.650. The first-order valence-corrected chi connectivity index (χ1v) is 8.27. The Morgan fingerprint density at radius 3 is 2.35 bits per heavy atom. The number of benzene rings is 1. The first-order chi connectivity index (χ1) is 12.4. The van der Waals surface area contributed by atoms with Gasteiger partial charge in [-0.3, -0.25) is 14.9 Å². The van der Waals surface area contributed by atoms with Gasteiger partial charge in [0.15, 0.2) is 5.82 Å². The zero-order valence-corrected chi connectivity index (χ0v) is 14.7. The molecule has 9 heteroatoms. The number of nitro benzene ring substituents is 1. The van der Waals surface area contributed by atoms with Crippen LogP contribution in [0.15, 0.2) is 24.3 Å². The summed E-state index contributed by atoms with van der Waals surface area (Å²) in [4.78, 5) is 26.7. The third kappa shape index (κ3) is 3.15. The van der Waals surface area contributed by atoms with Crippen LogP contribution in [0.2, 0.25) is 0 Å². The Hall–Kier alpha value is -3.23. The molecule has 1 aliphatic heterocycles. The maximum absolute atomic E-state index is 11.9. The molecule has 1 aliphatic rings. The van der Waals surface area contributed by atoms with Gasteiger partial charge in [-0.25, -0.2) is 0 Å². The smallest absolute Gasteiger partial charge is 0.292 e. The Kier molecular flexibility index (Phi) is 4.70. The van der Waals surface area contributed by atoms with Crippen molar-refractivity contribution in [3.05, 3.63) is 51.2 Å². The summed E-state index contributed by atoms with van der Waals surface area (Å²) in [6.07, 6.45) is 0. The third-order valence-corrected chi connectivity index (χ3v) is 4.68. The van der Waals surface area contributed by atoms with Crippen molar-refractivity contribution in [1.29, 1.82) is 0 Å². The lowest BCUT2D eigenvalue weighted by atomic mass is 10.1. The number of piperazine rings is 1. The van der Waals surface area contributed by atoms with Crippen molar-refractivity contribution in [3.8, 4) is 0 Å². The fourth-order valence-electron chi connectivity index (χ4n) is 3.16. The van der Waals surface area contributed by atoms with Crippen LogP contribution in [0.5, 0.6) is 0 Å². The monoisotopic (exact) mass is 356 g/mol. The first-order valence-electron chi connectivity index (χ1n) is 8.27. The number of para-hydroxylation sites is 2. The molecule has 26 heavy (non-hydrogen) atoms. The van der Waals surface area contributed by atoms with E-state index in [0.717, 1.165) is 5.56 Å². The molecule has 0 atom stereocenters. The number of anilines is 2. The molecule has 0 bridgehead atoms. The number of carbonyl (C=O) groups is 1. The Bertz CT molecular complexity index is 862. The number of amides is 1. The van der Waals surface area contributed by atoms with E-state index in [1.165, 1.54) is 6.07 Å². The molecule has 0 aliphatic carbocycles. The predicted molar refractivity (Wildman–Crippen MR) is 97.5 cm³/mol. The van der Waals surface area contributed by atoms with Crippen LogP contribution in [-0.4, -0.2) is 47.2 Å². The van der Waals surface area contributed by atoms with E-state index in [0.29, 0.717) is 48.9 Å². The van der Waals surface area contributed by atoms with Gasteiger partial charge in [0.1, 0.15) is 5.69 Å². The van der Waals surface area contributed by atoms with Crippen LogP contribution < -0.4 is 15.5 Å². The number of rotatable bonds is 4. The number of nitrogens with two attached hydrogens (primary N) is 1. The lowest BCUT2D eigenvalue weighted by Gasteiger charge is -2.36. The van der Waals surface area contributed by atoms with Crippen LogP contribution in [0.25, 0.3) is 0 Å². The second kappa shape index (κ2) is 6.95. The summed E-state index contributed by atoms with van der Waals surface area (Å²) in [5.74, 6) is -0.0561. The van der Waals surface area contributed by atoms with Crippen LogP contribution in [-0.2, 0) is 0 Å². The maximum atomic E-state index is 11.9. The summed E-state index contributed by atoms with van der Waals surface area (Å²) in [7, 11) is 0. The van der Waals surface area contributed by atoms with E-state index in [9.17, 15) is 14.9 Å². The third-order valence-electron chi connectivity index (χ3n) is 4.68. The van der Waals surface area contributed by atoms with Gasteiger partial charge in [-0.05, 0) is 25.5 Å². The molecule has 136 valence electrons. The van der Waals surface area contributed by atoms with Gasteiger partial charge in [0.25, 0.3) is 11.6 Å². The van der Waals surface area contributed by atoms with Crippen molar-refractivity contribution >= 4 is 23.1 Å². The Morgan fingerprint density at radius 2 is 1.73 bits per heavy atom. The number of nitrogens with zero attached hydrogens (tertiary/aromatic N) is 5. The average Bonchev–Trinajstić information content (AvgIpc) is 2.63.